The summed E-state index contributed by atoms with van der Waals surface area (Å²) in [7, 11) is -4.09. The van der Waals surface area contributed by atoms with Gasteiger partial charge >= 0.3 is 0 Å². The van der Waals surface area contributed by atoms with Crippen LogP contribution in [0.3, 0.4) is 0 Å². The standard InChI is InChI=1S/C13H18FNO3S/c1-13(16)9-7-11(8-10-13)15(14)19(17,18)12-5-3-2-4-6-12/h2-6,11,16H,7-10H2,1H3. The van der Waals surface area contributed by atoms with Crippen molar-refractivity contribution in [3.63, 3.8) is 0 Å². The molecule has 19 heavy (non-hydrogen) atoms. The summed E-state index contributed by atoms with van der Waals surface area (Å²) in [5.74, 6) is 0. The van der Waals surface area contributed by atoms with Crippen LogP contribution in [0.1, 0.15) is 32.6 Å². The first-order chi connectivity index (χ1) is 8.83. The van der Waals surface area contributed by atoms with Crippen LogP contribution in [0.5, 0.6) is 0 Å². The van der Waals surface area contributed by atoms with Gasteiger partial charge < -0.3 is 5.11 Å². The smallest absolute Gasteiger partial charge is 0.269 e. The summed E-state index contributed by atoms with van der Waals surface area (Å²) in [6.07, 6.45) is 1.47. The molecule has 0 bridgehead atoms. The number of rotatable bonds is 3. The summed E-state index contributed by atoms with van der Waals surface area (Å²) in [6.45, 7) is 1.69. The van der Waals surface area contributed by atoms with Gasteiger partial charge in [0.15, 0.2) is 0 Å². The highest BCUT2D eigenvalue weighted by atomic mass is 32.2. The summed E-state index contributed by atoms with van der Waals surface area (Å²) in [4.78, 5) is -0.0465. The van der Waals surface area contributed by atoms with Crippen molar-refractivity contribution in [1.82, 2.24) is 4.53 Å². The maximum absolute atomic E-state index is 14.2. The van der Waals surface area contributed by atoms with Crippen LogP contribution < -0.4 is 0 Å². The molecule has 106 valence electrons. The molecular weight excluding hydrogens is 269 g/mol. The van der Waals surface area contributed by atoms with Crippen LogP contribution in [-0.4, -0.2) is 29.7 Å². The third kappa shape index (κ3) is 3.13. The fraction of sp³-hybridized carbons (Fsp3) is 0.538. The van der Waals surface area contributed by atoms with Crippen LogP contribution in [0.2, 0.25) is 0 Å². The molecule has 0 radical (unpaired) electrons. The molecule has 1 aliphatic carbocycles. The number of aliphatic hydroxyl groups is 1. The molecule has 1 aromatic rings. The van der Waals surface area contributed by atoms with Crippen LogP contribution >= 0.6 is 0 Å². The summed E-state index contributed by atoms with van der Waals surface area (Å²) >= 11 is 0. The van der Waals surface area contributed by atoms with Gasteiger partial charge in [-0.15, -0.1) is 4.48 Å². The van der Waals surface area contributed by atoms with Gasteiger partial charge in [0.25, 0.3) is 10.0 Å². The SMILES string of the molecule is CC1(O)CCC(N(F)S(=O)(=O)c2ccccc2)CC1. The predicted molar refractivity (Wildman–Crippen MR) is 69.5 cm³/mol. The first-order valence-corrected chi connectivity index (χ1v) is 7.75. The molecule has 1 saturated carbocycles. The van der Waals surface area contributed by atoms with E-state index in [0.29, 0.717) is 25.7 Å². The molecule has 2 rings (SSSR count). The van der Waals surface area contributed by atoms with E-state index in [4.69, 9.17) is 0 Å². The van der Waals surface area contributed by atoms with Gasteiger partial charge in [-0.25, -0.2) is 8.42 Å². The van der Waals surface area contributed by atoms with E-state index < -0.39 is 21.7 Å². The van der Waals surface area contributed by atoms with E-state index >= 15 is 0 Å². The lowest BCUT2D eigenvalue weighted by molar-refractivity contribution is -0.0227. The van der Waals surface area contributed by atoms with Crippen molar-refractivity contribution in [2.75, 3.05) is 0 Å². The minimum absolute atomic E-state index is 0.0441. The Bertz CT molecular complexity index is 520. The van der Waals surface area contributed by atoms with Crippen molar-refractivity contribution in [3.05, 3.63) is 30.3 Å². The Morgan fingerprint density at radius 2 is 1.79 bits per heavy atom. The molecule has 1 fully saturated rings. The van der Waals surface area contributed by atoms with E-state index in [-0.39, 0.29) is 9.42 Å². The van der Waals surface area contributed by atoms with Crippen molar-refractivity contribution in [2.24, 2.45) is 0 Å². The maximum Gasteiger partial charge on any atom is 0.269 e. The normalized spacial score (nSPS) is 28.5. The third-order valence-electron chi connectivity index (χ3n) is 3.59. The maximum atomic E-state index is 14.2. The molecule has 0 aliphatic heterocycles. The molecule has 4 nitrogen and oxygen atoms in total. The van der Waals surface area contributed by atoms with Crippen LogP contribution in [0, 0.1) is 0 Å². The van der Waals surface area contributed by atoms with Crippen LogP contribution in [-0.2, 0) is 10.0 Å². The van der Waals surface area contributed by atoms with Gasteiger partial charge in [0.1, 0.15) is 0 Å². The van der Waals surface area contributed by atoms with Crippen LogP contribution in [0.25, 0.3) is 0 Å². The van der Waals surface area contributed by atoms with Gasteiger partial charge in [-0.05, 0) is 49.3 Å². The Morgan fingerprint density at radius 1 is 1.26 bits per heavy atom. The number of benzene rings is 1. The number of halogens is 1. The molecule has 1 aliphatic rings. The topological polar surface area (TPSA) is 57.6 Å². The average molecular weight is 287 g/mol. The fourth-order valence-electron chi connectivity index (χ4n) is 2.32. The van der Waals surface area contributed by atoms with Gasteiger partial charge in [-0.1, -0.05) is 18.2 Å². The molecule has 1 N–H and O–H groups in total. The van der Waals surface area contributed by atoms with E-state index in [0.717, 1.165) is 0 Å². The summed E-state index contributed by atoms with van der Waals surface area (Å²) in [5, 5.41) is 9.80. The van der Waals surface area contributed by atoms with Crippen molar-refractivity contribution in [3.8, 4) is 0 Å². The molecule has 0 saturated heterocycles. The highest BCUT2D eigenvalue weighted by Crippen LogP contribution is 2.33. The highest BCUT2D eigenvalue weighted by Gasteiger charge is 2.37. The Balaban J connectivity index is 2.14. The molecule has 1 aromatic carbocycles. The molecule has 0 amide bonds. The van der Waals surface area contributed by atoms with Crippen molar-refractivity contribution in [2.45, 2.75) is 49.1 Å². The third-order valence-corrected chi connectivity index (χ3v) is 5.22. The second-order valence-electron chi connectivity index (χ2n) is 5.29. The van der Waals surface area contributed by atoms with Gasteiger partial charge in [-0.2, -0.15) is 0 Å². The molecule has 0 heterocycles. The van der Waals surface area contributed by atoms with Gasteiger partial charge in [0.05, 0.1) is 16.5 Å². The Kier molecular flexibility index (Phi) is 3.94. The Morgan fingerprint density at radius 3 is 2.32 bits per heavy atom. The zero-order chi connectivity index (χ0) is 14.1. The monoisotopic (exact) mass is 287 g/mol. The molecule has 0 atom stereocenters. The molecule has 0 aromatic heterocycles. The van der Waals surface area contributed by atoms with Crippen molar-refractivity contribution < 1.29 is 18.0 Å². The lowest BCUT2D eigenvalue weighted by atomic mass is 9.84. The van der Waals surface area contributed by atoms with Crippen molar-refractivity contribution in [1.29, 1.82) is 0 Å². The average Bonchev–Trinajstić information content (AvgIpc) is 2.39. The summed E-state index contributed by atoms with van der Waals surface area (Å²) in [6, 6.07) is 6.87. The van der Waals surface area contributed by atoms with Gasteiger partial charge in [-0.3, -0.25) is 0 Å². The lowest BCUT2D eigenvalue weighted by Gasteiger charge is -2.34. The number of nitrogens with zero attached hydrogens (tertiary/aromatic N) is 1. The Labute approximate surface area is 112 Å². The van der Waals surface area contributed by atoms with E-state index in [1.165, 1.54) is 12.1 Å². The first-order valence-electron chi connectivity index (χ1n) is 6.31. The minimum atomic E-state index is -4.09. The zero-order valence-electron chi connectivity index (χ0n) is 10.8. The number of hydrogen-bond donors (Lipinski definition) is 1. The van der Waals surface area contributed by atoms with Gasteiger partial charge in [0.2, 0.25) is 0 Å². The molecule has 0 spiro atoms. The predicted octanol–water partition coefficient (Wildman–Crippen LogP) is 2.26. The molecule has 0 unspecified atom stereocenters. The van der Waals surface area contributed by atoms with E-state index in [2.05, 4.69) is 0 Å². The highest BCUT2D eigenvalue weighted by molar-refractivity contribution is 7.89. The molecular formula is C13H18FNO3S. The molecule has 6 heteroatoms. The zero-order valence-corrected chi connectivity index (χ0v) is 11.6. The number of hydrogen-bond acceptors (Lipinski definition) is 3. The second kappa shape index (κ2) is 5.19. The fourth-order valence-corrected chi connectivity index (χ4v) is 3.62. The first kappa shape index (κ1) is 14.4. The van der Waals surface area contributed by atoms with E-state index in [1.54, 1.807) is 25.1 Å². The van der Waals surface area contributed by atoms with Crippen LogP contribution in [0.15, 0.2) is 35.2 Å². The van der Waals surface area contributed by atoms with E-state index in [9.17, 15) is 18.0 Å². The minimum Gasteiger partial charge on any atom is -0.390 e. The summed E-state index contributed by atoms with van der Waals surface area (Å²) in [5.41, 5.74) is -0.812. The van der Waals surface area contributed by atoms with E-state index in [1.807, 2.05) is 0 Å². The Hall–Kier alpha value is -0.980. The van der Waals surface area contributed by atoms with Crippen molar-refractivity contribution >= 4 is 10.0 Å². The second-order valence-corrected chi connectivity index (χ2v) is 7.06. The van der Waals surface area contributed by atoms with Gasteiger partial charge in [0, 0.05) is 0 Å². The quantitative estimate of drug-likeness (QED) is 0.868. The lowest BCUT2D eigenvalue weighted by Crippen LogP contribution is -2.41. The van der Waals surface area contributed by atoms with Crippen LogP contribution in [0.4, 0.5) is 4.48 Å². The summed E-state index contributed by atoms with van der Waals surface area (Å²) < 4.78 is 38.3. The number of sulfonamides is 1. The largest absolute Gasteiger partial charge is 0.390 e.